The molecule has 6 nitrogen and oxygen atoms in total. The van der Waals surface area contributed by atoms with Crippen LogP contribution < -0.4 is 15.8 Å². The first-order chi connectivity index (χ1) is 11.5. The smallest absolute Gasteiger partial charge is 0.290 e. The van der Waals surface area contributed by atoms with E-state index in [1.165, 1.54) is 12.4 Å². The van der Waals surface area contributed by atoms with E-state index in [2.05, 4.69) is 15.3 Å². The van der Waals surface area contributed by atoms with Crippen LogP contribution in [0, 0.1) is 11.6 Å². The Bertz CT molecular complexity index is 809. The summed E-state index contributed by atoms with van der Waals surface area (Å²) in [5, 5.41) is 2.70. The Kier molecular flexibility index (Phi) is 4.54. The number of carbonyl (C=O) groups excluding carboxylic acids is 1. The second-order valence-corrected chi connectivity index (χ2v) is 5.62. The number of H-pyrrole nitrogens is 1. The normalized spacial score (nSPS) is 17.6. The third-order valence-electron chi connectivity index (χ3n) is 3.92. The van der Waals surface area contributed by atoms with Gasteiger partial charge in [0.15, 0.2) is 5.82 Å². The van der Waals surface area contributed by atoms with E-state index in [0.717, 1.165) is 24.6 Å². The predicted molar refractivity (Wildman–Crippen MR) is 83.9 cm³/mol. The summed E-state index contributed by atoms with van der Waals surface area (Å²) in [5.41, 5.74) is -0.636. The Labute approximate surface area is 136 Å². The van der Waals surface area contributed by atoms with Gasteiger partial charge in [-0.15, -0.1) is 0 Å². The number of amides is 1. The summed E-state index contributed by atoms with van der Waals surface area (Å²) in [7, 11) is 0. The Balaban J connectivity index is 1.71. The molecule has 8 heteroatoms. The molecule has 1 amide bonds. The highest BCUT2D eigenvalue weighted by Crippen LogP contribution is 2.16. The summed E-state index contributed by atoms with van der Waals surface area (Å²) in [6.07, 6.45) is 4.36. The van der Waals surface area contributed by atoms with E-state index in [-0.39, 0.29) is 23.0 Å². The summed E-state index contributed by atoms with van der Waals surface area (Å²) in [6.45, 7) is 1.02. The molecule has 1 saturated heterocycles. The third kappa shape index (κ3) is 3.42. The molecule has 0 bridgehead atoms. The molecule has 1 aliphatic rings. The molecule has 2 aromatic rings. The molecule has 1 aromatic carbocycles. The Hall–Kier alpha value is -2.77. The van der Waals surface area contributed by atoms with E-state index in [9.17, 15) is 18.4 Å². The maximum atomic E-state index is 13.7. The highest BCUT2D eigenvalue weighted by Gasteiger charge is 2.25. The monoisotopic (exact) mass is 334 g/mol. The molecule has 3 rings (SSSR count). The van der Waals surface area contributed by atoms with E-state index >= 15 is 0 Å². The predicted octanol–water partition coefficient (Wildman–Crippen LogP) is 1.45. The average Bonchev–Trinajstić information content (AvgIpc) is 2.57. The molecule has 24 heavy (non-hydrogen) atoms. The van der Waals surface area contributed by atoms with E-state index in [4.69, 9.17) is 0 Å². The van der Waals surface area contributed by atoms with E-state index in [0.29, 0.717) is 19.5 Å². The quantitative estimate of drug-likeness (QED) is 0.890. The van der Waals surface area contributed by atoms with Crippen molar-refractivity contribution in [3.05, 3.63) is 58.1 Å². The van der Waals surface area contributed by atoms with Crippen molar-refractivity contribution in [1.82, 2.24) is 15.3 Å². The first-order valence-electron chi connectivity index (χ1n) is 7.59. The molecule has 0 aliphatic carbocycles. The van der Waals surface area contributed by atoms with Gasteiger partial charge in [0.2, 0.25) is 0 Å². The number of hydrogen-bond donors (Lipinski definition) is 2. The molecule has 1 aliphatic heterocycles. The second kappa shape index (κ2) is 6.77. The number of halogens is 2. The van der Waals surface area contributed by atoms with Crippen LogP contribution in [0.1, 0.15) is 23.2 Å². The highest BCUT2D eigenvalue weighted by molar-refractivity contribution is 5.94. The minimum Gasteiger partial charge on any atom is -0.350 e. The topological polar surface area (TPSA) is 78.1 Å². The second-order valence-electron chi connectivity index (χ2n) is 5.62. The van der Waals surface area contributed by atoms with E-state index in [1.54, 1.807) is 4.90 Å². The van der Waals surface area contributed by atoms with E-state index < -0.39 is 17.5 Å². The molecule has 2 N–H and O–H groups in total. The number of rotatable bonds is 3. The van der Waals surface area contributed by atoms with Crippen LogP contribution in [0.2, 0.25) is 0 Å². The maximum absolute atomic E-state index is 13.7. The standard InChI is InChI=1S/C16H16F2N4O2/c17-10-3-4-13(18)12(8-10)15(23)21-11-2-1-7-22(9-11)14-16(24)20-6-5-19-14/h3-6,8,11H,1-2,7,9H2,(H,20,24)(H,21,23). The van der Waals surface area contributed by atoms with Gasteiger partial charge in [0, 0.05) is 31.5 Å². The average molecular weight is 334 g/mol. The fourth-order valence-corrected chi connectivity index (χ4v) is 2.79. The molecule has 1 unspecified atom stereocenters. The van der Waals surface area contributed by atoms with Crippen LogP contribution in [-0.2, 0) is 0 Å². The maximum Gasteiger partial charge on any atom is 0.290 e. The lowest BCUT2D eigenvalue weighted by atomic mass is 10.0. The van der Waals surface area contributed by atoms with Gasteiger partial charge >= 0.3 is 0 Å². The first-order valence-corrected chi connectivity index (χ1v) is 7.59. The summed E-state index contributed by atoms with van der Waals surface area (Å²) in [6, 6.07) is 2.47. The SMILES string of the molecule is O=C(NC1CCCN(c2ncc[nH]c2=O)C1)c1cc(F)ccc1F. The van der Waals surface area contributed by atoms with Gasteiger partial charge in [-0.2, -0.15) is 0 Å². The molecular weight excluding hydrogens is 318 g/mol. The number of aromatic amines is 1. The van der Waals surface area contributed by atoms with Crippen molar-refractivity contribution in [2.45, 2.75) is 18.9 Å². The molecule has 0 saturated carbocycles. The van der Waals surface area contributed by atoms with Gasteiger partial charge in [-0.1, -0.05) is 0 Å². The van der Waals surface area contributed by atoms with Crippen molar-refractivity contribution in [3.63, 3.8) is 0 Å². The number of nitrogens with zero attached hydrogens (tertiary/aromatic N) is 2. The van der Waals surface area contributed by atoms with Crippen molar-refractivity contribution in [2.24, 2.45) is 0 Å². The number of piperidine rings is 1. The Morgan fingerprint density at radius 3 is 3.00 bits per heavy atom. The summed E-state index contributed by atoms with van der Waals surface area (Å²) in [5.74, 6) is -1.84. The molecule has 2 heterocycles. The van der Waals surface area contributed by atoms with Gasteiger partial charge < -0.3 is 15.2 Å². The largest absolute Gasteiger partial charge is 0.350 e. The zero-order valence-corrected chi connectivity index (χ0v) is 12.8. The lowest BCUT2D eigenvalue weighted by molar-refractivity contribution is 0.0928. The zero-order chi connectivity index (χ0) is 17.1. The van der Waals surface area contributed by atoms with Crippen molar-refractivity contribution in [1.29, 1.82) is 0 Å². The number of benzene rings is 1. The van der Waals surface area contributed by atoms with Crippen LogP contribution in [0.5, 0.6) is 0 Å². The first kappa shape index (κ1) is 16.1. The highest BCUT2D eigenvalue weighted by atomic mass is 19.1. The molecule has 1 atom stereocenters. The number of anilines is 1. The lowest BCUT2D eigenvalue weighted by Gasteiger charge is -2.33. The van der Waals surface area contributed by atoms with Gasteiger partial charge in [-0.25, -0.2) is 13.8 Å². The fraction of sp³-hybridized carbons (Fsp3) is 0.312. The summed E-state index contributed by atoms with van der Waals surface area (Å²) >= 11 is 0. The van der Waals surface area contributed by atoms with Gasteiger partial charge in [0.05, 0.1) is 5.56 Å². The number of nitrogens with one attached hydrogen (secondary N) is 2. The van der Waals surface area contributed by atoms with Crippen molar-refractivity contribution >= 4 is 11.7 Å². The minimum absolute atomic E-state index is 0.282. The van der Waals surface area contributed by atoms with Crippen LogP contribution in [0.15, 0.2) is 35.4 Å². The number of carbonyl (C=O) groups is 1. The van der Waals surface area contributed by atoms with Gasteiger partial charge in [-0.3, -0.25) is 9.59 Å². The Morgan fingerprint density at radius 1 is 1.38 bits per heavy atom. The van der Waals surface area contributed by atoms with Crippen LogP contribution in [0.4, 0.5) is 14.6 Å². The number of hydrogen-bond acceptors (Lipinski definition) is 4. The van der Waals surface area contributed by atoms with Gasteiger partial charge in [0.1, 0.15) is 11.6 Å². The van der Waals surface area contributed by atoms with Crippen LogP contribution in [-0.4, -0.2) is 35.0 Å². The molecule has 126 valence electrons. The fourth-order valence-electron chi connectivity index (χ4n) is 2.79. The van der Waals surface area contributed by atoms with Gasteiger partial charge in [0.25, 0.3) is 11.5 Å². The molecule has 0 spiro atoms. The van der Waals surface area contributed by atoms with Crippen molar-refractivity contribution < 1.29 is 13.6 Å². The molecule has 1 fully saturated rings. The van der Waals surface area contributed by atoms with E-state index in [1.807, 2.05) is 0 Å². The third-order valence-corrected chi connectivity index (χ3v) is 3.92. The molecule has 1 aromatic heterocycles. The van der Waals surface area contributed by atoms with Gasteiger partial charge in [-0.05, 0) is 31.0 Å². The number of aromatic nitrogens is 2. The zero-order valence-electron chi connectivity index (χ0n) is 12.8. The summed E-state index contributed by atoms with van der Waals surface area (Å²) in [4.78, 5) is 32.4. The van der Waals surface area contributed by atoms with Crippen molar-refractivity contribution in [2.75, 3.05) is 18.0 Å². The lowest BCUT2D eigenvalue weighted by Crippen LogP contribution is -2.49. The van der Waals surface area contributed by atoms with Crippen molar-refractivity contribution in [3.8, 4) is 0 Å². The molecule has 0 radical (unpaired) electrons. The Morgan fingerprint density at radius 2 is 2.21 bits per heavy atom. The molecular formula is C16H16F2N4O2. The van der Waals surface area contributed by atoms with Crippen LogP contribution in [0.25, 0.3) is 0 Å². The minimum atomic E-state index is -0.775. The van der Waals surface area contributed by atoms with Crippen LogP contribution >= 0.6 is 0 Å². The van der Waals surface area contributed by atoms with Crippen LogP contribution in [0.3, 0.4) is 0 Å². The summed E-state index contributed by atoms with van der Waals surface area (Å²) < 4.78 is 26.9.